The molecule has 0 aliphatic carbocycles. The SMILES string of the molecule is CCNC(=O)C(C)N1CCCN(CC(C)CN)CC1. The zero-order valence-electron chi connectivity index (χ0n) is 12.7. The molecule has 0 aromatic carbocycles. The number of rotatable bonds is 6. The number of nitrogens with zero attached hydrogens (tertiary/aromatic N) is 2. The van der Waals surface area contributed by atoms with Gasteiger partial charge in [0.25, 0.3) is 0 Å². The third-order valence-electron chi connectivity index (χ3n) is 3.87. The Morgan fingerprint density at radius 3 is 2.63 bits per heavy atom. The molecule has 112 valence electrons. The van der Waals surface area contributed by atoms with Gasteiger partial charge in [0, 0.05) is 32.7 Å². The molecule has 1 heterocycles. The van der Waals surface area contributed by atoms with Crippen molar-refractivity contribution in [1.29, 1.82) is 0 Å². The number of likely N-dealkylation sites (N-methyl/N-ethyl adjacent to an activating group) is 1. The van der Waals surface area contributed by atoms with E-state index < -0.39 is 0 Å². The van der Waals surface area contributed by atoms with Gasteiger partial charge in [-0.25, -0.2) is 0 Å². The lowest BCUT2D eigenvalue weighted by Crippen LogP contribution is -2.46. The summed E-state index contributed by atoms with van der Waals surface area (Å²) in [6.45, 7) is 12.8. The van der Waals surface area contributed by atoms with Gasteiger partial charge in [0.15, 0.2) is 0 Å². The first-order valence-electron chi connectivity index (χ1n) is 7.52. The monoisotopic (exact) mass is 270 g/mol. The molecule has 2 atom stereocenters. The molecule has 19 heavy (non-hydrogen) atoms. The minimum absolute atomic E-state index is 0.0215. The molecule has 5 heteroatoms. The number of nitrogens with one attached hydrogen (secondary N) is 1. The normalized spacial score (nSPS) is 21.7. The van der Waals surface area contributed by atoms with Crippen molar-refractivity contribution in [3.63, 3.8) is 0 Å². The van der Waals surface area contributed by atoms with Gasteiger partial charge in [0.2, 0.25) is 5.91 Å². The summed E-state index contributed by atoms with van der Waals surface area (Å²) >= 11 is 0. The predicted molar refractivity (Wildman–Crippen MR) is 79.0 cm³/mol. The molecule has 1 rings (SSSR count). The Balaban J connectivity index is 2.42. The number of nitrogens with two attached hydrogens (primary N) is 1. The van der Waals surface area contributed by atoms with Crippen LogP contribution in [0.25, 0.3) is 0 Å². The van der Waals surface area contributed by atoms with Crippen LogP contribution in [0.3, 0.4) is 0 Å². The van der Waals surface area contributed by atoms with Crippen molar-refractivity contribution in [2.24, 2.45) is 11.7 Å². The third-order valence-corrected chi connectivity index (χ3v) is 3.87. The van der Waals surface area contributed by atoms with Crippen molar-refractivity contribution in [3.05, 3.63) is 0 Å². The Morgan fingerprint density at radius 1 is 1.26 bits per heavy atom. The molecule has 0 aromatic heterocycles. The van der Waals surface area contributed by atoms with E-state index in [4.69, 9.17) is 5.73 Å². The average molecular weight is 270 g/mol. The highest BCUT2D eigenvalue weighted by atomic mass is 16.2. The summed E-state index contributed by atoms with van der Waals surface area (Å²) in [5.74, 6) is 0.693. The highest BCUT2D eigenvalue weighted by molar-refractivity contribution is 5.81. The van der Waals surface area contributed by atoms with Crippen LogP contribution in [-0.4, -0.2) is 67.6 Å². The fraction of sp³-hybridized carbons (Fsp3) is 0.929. The molecule has 1 saturated heterocycles. The second kappa shape index (κ2) is 8.51. The molecule has 1 amide bonds. The predicted octanol–water partition coefficient (Wildman–Crippen LogP) is 0.114. The fourth-order valence-corrected chi connectivity index (χ4v) is 2.56. The van der Waals surface area contributed by atoms with E-state index in [1.165, 1.54) is 0 Å². The highest BCUT2D eigenvalue weighted by Gasteiger charge is 2.23. The molecule has 1 aliphatic rings. The first-order chi connectivity index (χ1) is 9.08. The molecule has 3 N–H and O–H groups in total. The van der Waals surface area contributed by atoms with Crippen LogP contribution >= 0.6 is 0 Å². The lowest BCUT2D eigenvalue weighted by Gasteiger charge is -2.27. The van der Waals surface area contributed by atoms with Crippen LogP contribution in [0.2, 0.25) is 0 Å². The van der Waals surface area contributed by atoms with Crippen molar-refractivity contribution in [1.82, 2.24) is 15.1 Å². The Morgan fingerprint density at radius 2 is 2.00 bits per heavy atom. The van der Waals surface area contributed by atoms with Crippen LogP contribution in [0.1, 0.15) is 27.2 Å². The lowest BCUT2D eigenvalue weighted by molar-refractivity contribution is -0.125. The molecular formula is C14H30N4O. The van der Waals surface area contributed by atoms with E-state index in [0.29, 0.717) is 12.5 Å². The first kappa shape index (κ1) is 16.4. The van der Waals surface area contributed by atoms with E-state index in [9.17, 15) is 4.79 Å². The number of carbonyl (C=O) groups is 1. The van der Waals surface area contributed by atoms with Gasteiger partial charge in [-0.05, 0) is 39.3 Å². The zero-order valence-corrected chi connectivity index (χ0v) is 12.7. The van der Waals surface area contributed by atoms with Crippen molar-refractivity contribution in [2.75, 3.05) is 45.8 Å². The maximum atomic E-state index is 11.9. The van der Waals surface area contributed by atoms with E-state index in [1.807, 2.05) is 13.8 Å². The summed E-state index contributed by atoms with van der Waals surface area (Å²) in [5.41, 5.74) is 5.69. The Labute approximate surface area is 117 Å². The van der Waals surface area contributed by atoms with E-state index in [2.05, 4.69) is 22.0 Å². The van der Waals surface area contributed by atoms with Crippen LogP contribution in [0.4, 0.5) is 0 Å². The van der Waals surface area contributed by atoms with Gasteiger partial charge in [-0.3, -0.25) is 9.69 Å². The molecule has 2 unspecified atom stereocenters. The zero-order chi connectivity index (χ0) is 14.3. The van der Waals surface area contributed by atoms with Crippen LogP contribution in [-0.2, 0) is 4.79 Å². The summed E-state index contributed by atoms with van der Waals surface area (Å²) in [5, 5.41) is 2.90. The van der Waals surface area contributed by atoms with Crippen molar-refractivity contribution >= 4 is 5.91 Å². The van der Waals surface area contributed by atoms with E-state index >= 15 is 0 Å². The van der Waals surface area contributed by atoms with Gasteiger partial charge in [-0.15, -0.1) is 0 Å². The molecule has 0 radical (unpaired) electrons. The lowest BCUT2D eigenvalue weighted by atomic mass is 10.1. The third kappa shape index (κ3) is 5.47. The van der Waals surface area contributed by atoms with E-state index in [0.717, 1.165) is 45.7 Å². The van der Waals surface area contributed by atoms with Crippen molar-refractivity contribution in [2.45, 2.75) is 33.2 Å². The van der Waals surface area contributed by atoms with Crippen LogP contribution < -0.4 is 11.1 Å². The fourth-order valence-electron chi connectivity index (χ4n) is 2.56. The average Bonchev–Trinajstić information content (AvgIpc) is 2.63. The van der Waals surface area contributed by atoms with Crippen molar-refractivity contribution < 1.29 is 4.79 Å². The Kier molecular flexibility index (Phi) is 7.34. The van der Waals surface area contributed by atoms with Gasteiger partial charge < -0.3 is 16.0 Å². The van der Waals surface area contributed by atoms with E-state index in [1.54, 1.807) is 0 Å². The number of carbonyl (C=O) groups excluding carboxylic acids is 1. The minimum Gasteiger partial charge on any atom is -0.355 e. The number of hydrogen-bond donors (Lipinski definition) is 2. The minimum atomic E-state index is -0.0215. The van der Waals surface area contributed by atoms with Crippen LogP contribution in [0.5, 0.6) is 0 Å². The summed E-state index contributed by atoms with van der Waals surface area (Å²) in [7, 11) is 0. The van der Waals surface area contributed by atoms with Crippen LogP contribution in [0, 0.1) is 5.92 Å². The second-order valence-electron chi connectivity index (χ2n) is 5.60. The Hall–Kier alpha value is -0.650. The molecule has 0 bridgehead atoms. The first-order valence-corrected chi connectivity index (χ1v) is 7.52. The van der Waals surface area contributed by atoms with Crippen molar-refractivity contribution in [3.8, 4) is 0 Å². The summed E-state index contributed by atoms with van der Waals surface area (Å²) in [4.78, 5) is 16.6. The molecular weight excluding hydrogens is 240 g/mol. The summed E-state index contributed by atoms with van der Waals surface area (Å²) in [6.07, 6.45) is 1.13. The Bertz CT molecular complexity index is 272. The maximum absolute atomic E-state index is 11.9. The highest BCUT2D eigenvalue weighted by Crippen LogP contribution is 2.09. The van der Waals surface area contributed by atoms with Gasteiger partial charge in [-0.1, -0.05) is 6.92 Å². The van der Waals surface area contributed by atoms with Crippen LogP contribution in [0.15, 0.2) is 0 Å². The summed E-state index contributed by atoms with van der Waals surface area (Å²) < 4.78 is 0. The van der Waals surface area contributed by atoms with Gasteiger partial charge in [0.05, 0.1) is 6.04 Å². The number of amides is 1. The molecule has 5 nitrogen and oxygen atoms in total. The molecule has 1 aliphatic heterocycles. The smallest absolute Gasteiger partial charge is 0.237 e. The quantitative estimate of drug-likeness (QED) is 0.719. The topological polar surface area (TPSA) is 61.6 Å². The maximum Gasteiger partial charge on any atom is 0.237 e. The molecule has 0 spiro atoms. The largest absolute Gasteiger partial charge is 0.355 e. The molecule has 0 saturated carbocycles. The van der Waals surface area contributed by atoms with Gasteiger partial charge >= 0.3 is 0 Å². The molecule has 0 aromatic rings. The van der Waals surface area contributed by atoms with E-state index in [-0.39, 0.29) is 11.9 Å². The number of hydrogen-bond acceptors (Lipinski definition) is 4. The molecule has 1 fully saturated rings. The summed E-state index contributed by atoms with van der Waals surface area (Å²) in [6, 6.07) is -0.0215. The second-order valence-corrected chi connectivity index (χ2v) is 5.60. The standard InChI is InChI=1S/C14H30N4O/c1-4-16-14(19)13(3)18-7-5-6-17(8-9-18)11-12(2)10-15/h12-13H,4-11,15H2,1-3H3,(H,16,19). The van der Waals surface area contributed by atoms with Gasteiger partial charge in [0.1, 0.15) is 0 Å². The van der Waals surface area contributed by atoms with Gasteiger partial charge in [-0.2, -0.15) is 0 Å².